The Balaban J connectivity index is 1.93. The third-order valence-electron chi connectivity index (χ3n) is 3.32. The first-order valence-corrected chi connectivity index (χ1v) is 8.30. The molecule has 0 radical (unpaired) electrons. The first kappa shape index (κ1) is 17.7. The van der Waals surface area contributed by atoms with E-state index in [9.17, 15) is 9.59 Å². The first-order chi connectivity index (χ1) is 10.9. The second-order valence-electron chi connectivity index (χ2n) is 5.12. The van der Waals surface area contributed by atoms with E-state index < -0.39 is 5.24 Å². The molecule has 0 saturated heterocycles. The van der Waals surface area contributed by atoms with Crippen molar-refractivity contribution >= 4 is 38.7 Å². The Bertz CT molecular complexity index is 724. The first-order valence-electron chi connectivity index (χ1n) is 7.13. The van der Waals surface area contributed by atoms with Crippen LogP contribution in [0.3, 0.4) is 0 Å². The highest BCUT2D eigenvalue weighted by atomic mass is 79.9. The second kappa shape index (κ2) is 7.79. The number of amides is 1. The number of nitrogens with zero attached hydrogens (tertiary/aromatic N) is 2. The van der Waals surface area contributed by atoms with E-state index in [4.69, 9.17) is 16.0 Å². The molecule has 0 saturated carbocycles. The van der Waals surface area contributed by atoms with Gasteiger partial charge in [-0.2, -0.15) is 5.10 Å². The molecular formula is C15H17BrClN3O3. The third-order valence-corrected chi connectivity index (χ3v) is 4.66. The van der Waals surface area contributed by atoms with Crippen LogP contribution in [0.1, 0.15) is 40.5 Å². The Morgan fingerprint density at radius 2 is 2.13 bits per heavy atom. The van der Waals surface area contributed by atoms with Crippen LogP contribution in [0.15, 0.2) is 21.0 Å². The number of hydrogen-bond acceptors (Lipinski definition) is 4. The Labute approximate surface area is 147 Å². The Kier molecular flexibility index (Phi) is 6.01. The van der Waals surface area contributed by atoms with Crippen molar-refractivity contribution in [3.05, 3.63) is 39.5 Å². The minimum absolute atomic E-state index is 0.234. The molecule has 0 unspecified atom stereocenters. The molecule has 0 spiro atoms. The molecule has 6 nitrogen and oxygen atoms in total. The number of aromatic nitrogens is 2. The van der Waals surface area contributed by atoms with Crippen molar-refractivity contribution in [3.63, 3.8) is 0 Å². The lowest BCUT2D eigenvalue weighted by Gasteiger charge is -2.03. The summed E-state index contributed by atoms with van der Waals surface area (Å²) in [6.07, 6.45) is 0.736. The zero-order valence-corrected chi connectivity index (χ0v) is 15.2. The van der Waals surface area contributed by atoms with Crippen molar-refractivity contribution in [2.45, 2.75) is 33.2 Å². The van der Waals surface area contributed by atoms with E-state index >= 15 is 0 Å². The van der Waals surface area contributed by atoms with Gasteiger partial charge in [0.1, 0.15) is 5.76 Å². The summed E-state index contributed by atoms with van der Waals surface area (Å²) in [6, 6.07) is 3.37. The predicted molar refractivity (Wildman–Crippen MR) is 89.6 cm³/mol. The summed E-state index contributed by atoms with van der Waals surface area (Å²) in [5.41, 5.74) is 1.90. The van der Waals surface area contributed by atoms with Crippen LogP contribution in [-0.2, 0) is 11.3 Å². The second-order valence-corrected chi connectivity index (χ2v) is 6.34. The van der Waals surface area contributed by atoms with E-state index in [2.05, 4.69) is 26.3 Å². The van der Waals surface area contributed by atoms with Crippen molar-refractivity contribution in [3.8, 4) is 0 Å². The molecule has 8 heteroatoms. The van der Waals surface area contributed by atoms with Gasteiger partial charge in [-0.3, -0.25) is 14.3 Å². The molecule has 124 valence electrons. The molecule has 2 aromatic rings. The molecular weight excluding hydrogens is 386 g/mol. The van der Waals surface area contributed by atoms with E-state index in [0.29, 0.717) is 25.3 Å². The minimum Gasteiger partial charge on any atom is -0.454 e. The van der Waals surface area contributed by atoms with Crippen LogP contribution >= 0.6 is 27.5 Å². The van der Waals surface area contributed by atoms with Crippen molar-refractivity contribution in [2.24, 2.45) is 0 Å². The lowest BCUT2D eigenvalue weighted by molar-refractivity contribution is -0.111. The summed E-state index contributed by atoms with van der Waals surface area (Å²) in [5, 5.41) is 6.68. The Morgan fingerprint density at radius 1 is 1.39 bits per heavy atom. The smallest absolute Gasteiger partial charge is 0.286 e. The van der Waals surface area contributed by atoms with E-state index in [1.54, 1.807) is 12.1 Å². The monoisotopic (exact) mass is 401 g/mol. The van der Waals surface area contributed by atoms with Crippen molar-refractivity contribution in [1.29, 1.82) is 0 Å². The SMILES string of the molecule is Cc1nn(Cc2ccc(C(=O)NCCCC(=O)Cl)o2)c(C)c1Br. The van der Waals surface area contributed by atoms with Crippen LogP contribution < -0.4 is 5.32 Å². The zero-order chi connectivity index (χ0) is 17.0. The number of furan rings is 1. The largest absolute Gasteiger partial charge is 0.454 e. The number of rotatable bonds is 7. The van der Waals surface area contributed by atoms with Crippen LogP contribution in [0.2, 0.25) is 0 Å². The summed E-state index contributed by atoms with van der Waals surface area (Å²) >= 11 is 8.71. The Hall–Kier alpha value is -1.60. The number of nitrogens with one attached hydrogen (secondary N) is 1. The van der Waals surface area contributed by atoms with Crippen LogP contribution in [-0.4, -0.2) is 27.5 Å². The highest BCUT2D eigenvalue weighted by molar-refractivity contribution is 9.10. The van der Waals surface area contributed by atoms with E-state index in [1.165, 1.54) is 0 Å². The maximum Gasteiger partial charge on any atom is 0.286 e. The zero-order valence-electron chi connectivity index (χ0n) is 12.9. The minimum atomic E-state index is -0.407. The molecule has 23 heavy (non-hydrogen) atoms. The lowest BCUT2D eigenvalue weighted by Crippen LogP contribution is -2.24. The van der Waals surface area contributed by atoms with E-state index in [-0.39, 0.29) is 18.1 Å². The quantitative estimate of drug-likeness (QED) is 0.570. The highest BCUT2D eigenvalue weighted by Gasteiger charge is 2.14. The van der Waals surface area contributed by atoms with Crippen LogP contribution in [0, 0.1) is 13.8 Å². The molecule has 0 atom stereocenters. The molecule has 0 aliphatic rings. The third kappa shape index (κ3) is 4.68. The summed E-state index contributed by atoms with van der Waals surface area (Å²) in [4.78, 5) is 22.5. The fraction of sp³-hybridized carbons (Fsp3) is 0.400. The van der Waals surface area contributed by atoms with Gasteiger partial charge < -0.3 is 9.73 Å². The Morgan fingerprint density at radius 3 is 2.74 bits per heavy atom. The fourth-order valence-electron chi connectivity index (χ4n) is 2.08. The number of carbonyl (C=O) groups is 2. The van der Waals surface area contributed by atoms with Crippen LogP contribution in [0.4, 0.5) is 0 Å². The molecule has 1 amide bonds. The van der Waals surface area contributed by atoms with Gasteiger partial charge in [0.25, 0.3) is 5.91 Å². The summed E-state index contributed by atoms with van der Waals surface area (Å²) in [5.74, 6) is 0.565. The van der Waals surface area contributed by atoms with Gasteiger partial charge >= 0.3 is 0 Å². The van der Waals surface area contributed by atoms with Gasteiger partial charge in [-0.1, -0.05) is 0 Å². The number of hydrogen-bond donors (Lipinski definition) is 1. The van der Waals surface area contributed by atoms with Gasteiger partial charge in [0.05, 0.1) is 22.4 Å². The van der Waals surface area contributed by atoms with Crippen molar-refractivity contribution in [2.75, 3.05) is 6.54 Å². The molecule has 2 aromatic heterocycles. The molecule has 0 aliphatic heterocycles. The van der Waals surface area contributed by atoms with Gasteiger partial charge in [0.2, 0.25) is 5.24 Å². The number of halogens is 2. The van der Waals surface area contributed by atoms with Gasteiger partial charge in [0, 0.05) is 13.0 Å². The molecule has 2 heterocycles. The maximum atomic E-state index is 11.9. The average molecular weight is 403 g/mol. The van der Waals surface area contributed by atoms with Gasteiger partial charge in [-0.05, 0) is 59.9 Å². The van der Waals surface area contributed by atoms with Crippen LogP contribution in [0.5, 0.6) is 0 Å². The lowest BCUT2D eigenvalue weighted by atomic mass is 10.3. The topological polar surface area (TPSA) is 77.1 Å². The molecule has 0 aromatic carbocycles. The van der Waals surface area contributed by atoms with E-state index in [1.807, 2.05) is 18.5 Å². The molecule has 0 aliphatic carbocycles. The standard InChI is InChI=1S/C15H17BrClN3O3/c1-9-14(16)10(2)20(19-9)8-11-5-6-12(23-11)15(22)18-7-3-4-13(17)21/h5-6H,3-4,7-8H2,1-2H3,(H,18,22). The predicted octanol–water partition coefficient (Wildman–Crippen LogP) is 3.18. The molecule has 1 N–H and O–H groups in total. The van der Waals surface area contributed by atoms with Crippen molar-refractivity contribution < 1.29 is 14.0 Å². The van der Waals surface area contributed by atoms with Gasteiger partial charge in [0.15, 0.2) is 5.76 Å². The number of aryl methyl sites for hydroxylation is 1. The molecule has 0 fully saturated rings. The van der Waals surface area contributed by atoms with Gasteiger partial charge in [-0.25, -0.2) is 0 Å². The normalized spacial score (nSPS) is 10.8. The summed E-state index contributed by atoms with van der Waals surface area (Å²) < 4.78 is 8.33. The average Bonchev–Trinajstić information content (AvgIpc) is 3.05. The number of carbonyl (C=O) groups excluding carboxylic acids is 2. The van der Waals surface area contributed by atoms with Crippen molar-refractivity contribution in [1.82, 2.24) is 15.1 Å². The molecule has 2 rings (SSSR count). The summed E-state index contributed by atoms with van der Waals surface area (Å²) in [6.45, 7) is 4.70. The summed E-state index contributed by atoms with van der Waals surface area (Å²) in [7, 11) is 0. The highest BCUT2D eigenvalue weighted by Crippen LogP contribution is 2.21. The van der Waals surface area contributed by atoms with Crippen LogP contribution in [0.25, 0.3) is 0 Å². The molecule has 0 bridgehead atoms. The maximum absolute atomic E-state index is 11.9. The van der Waals surface area contributed by atoms with Gasteiger partial charge in [-0.15, -0.1) is 0 Å². The fourth-order valence-corrected chi connectivity index (χ4v) is 2.50. The van der Waals surface area contributed by atoms with E-state index in [0.717, 1.165) is 15.9 Å².